The smallest absolute Gasteiger partial charge is 0.141 e. The molecule has 2 nitrogen and oxygen atoms in total. The van der Waals surface area contributed by atoms with Crippen molar-refractivity contribution in [3.8, 4) is 11.5 Å². The minimum absolute atomic E-state index is 0.148. The van der Waals surface area contributed by atoms with Crippen LogP contribution in [0.4, 0.5) is 0 Å². The molecule has 2 rings (SSSR count). The maximum Gasteiger partial charge on any atom is 0.141 e. The van der Waals surface area contributed by atoms with E-state index in [0.717, 1.165) is 26.9 Å². The fourth-order valence-corrected chi connectivity index (χ4v) is 2.92. The number of rotatable bonds is 4. The lowest BCUT2D eigenvalue weighted by Gasteiger charge is -2.10. The summed E-state index contributed by atoms with van der Waals surface area (Å²) in [6.45, 7) is 2.00. The van der Waals surface area contributed by atoms with E-state index in [-0.39, 0.29) is 6.04 Å². The highest BCUT2D eigenvalue weighted by Gasteiger charge is 2.05. The lowest BCUT2D eigenvalue weighted by atomic mass is 10.1. The molecular weight excluding hydrogens is 370 g/mol. The molecule has 0 aliphatic heterocycles. The molecule has 0 amide bonds. The molecule has 0 radical (unpaired) electrons. The van der Waals surface area contributed by atoms with Crippen LogP contribution in [0.15, 0.2) is 51.4 Å². The molecule has 2 aromatic rings. The minimum Gasteiger partial charge on any atom is -0.456 e. The lowest BCUT2D eigenvalue weighted by molar-refractivity contribution is 0.478. The molecule has 0 fully saturated rings. The van der Waals surface area contributed by atoms with Gasteiger partial charge in [0.25, 0.3) is 0 Å². The van der Waals surface area contributed by atoms with Gasteiger partial charge in [0.1, 0.15) is 11.5 Å². The lowest BCUT2D eigenvalue weighted by Crippen LogP contribution is -2.17. The molecular formula is C15H15Br2NO. The molecule has 100 valence electrons. The van der Waals surface area contributed by atoms with Gasteiger partial charge in [-0.2, -0.15) is 0 Å². The Bertz CT molecular complexity index is 570. The first-order valence-electron chi connectivity index (χ1n) is 6.02. The maximum atomic E-state index is 5.88. The first kappa shape index (κ1) is 14.6. The van der Waals surface area contributed by atoms with E-state index in [4.69, 9.17) is 10.5 Å². The van der Waals surface area contributed by atoms with E-state index in [0.29, 0.717) is 0 Å². The Morgan fingerprint density at radius 3 is 2.63 bits per heavy atom. The molecule has 0 aliphatic carbocycles. The van der Waals surface area contributed by atoms with Crippen molar-refractivity contribution in [3.63, 3.8) is 0 Å². The second-order valence-electron chi connectivity index (χ2n) is 4.51. The van der Waals surface area contributed by atoms with Crippen LogP contribution in [0.25, 0.3) is 0 Å². The summed E-state index contributed by atoms with van der Waals surface area (Å²) in [6, 6.07) is 14.0. The zero-order valence-corrected chi connectivity index (χ0v) is 13.7. The van der Waals surface area contributed by atoms with Gasteiger partial charge in [-0.15, -0.1) is 0 Å². The predicted molar refractivity (Wildman–Crippen MR) is 85.7 cm³/mol. The van der Waals surface area contributed by atoms with E-state index < -0.39 is 0 Å². The van der Waals surface area contributed by atoms with Crippen LogP contribution in [0.5, 0.6) is 11.5 Å². The summed E-state index contributed by atoms with van der Waals surface area (Å²) in [6.07, 6.45) is 0.846. The van der Waals surface area contributed by atoms with Crippen molar-refractivity contribution in [1.29, 1.82) is 0 Å². The Labute approximate surface area is 130 Å². The monoisotopic (exact) mass is 383 g/mol. The molecule has 0 heterocycles. The Morgan fingerprint density at radius 2 is 1.95 bits per heavy atom. The van der Waals surface area contributed by atoms with Crippen LogP contribution in [0.3, 0.4) is 0 Å². The Hall–Kier alpha value is -0.840. The maximum absolute atomic E-state index is 5.88. The first-order valence-corrected chi connectivity index (χ1v) is 7.60. The number of benzene rings is 2. The van der Waals surface area contributed by atoms with Crippen molar-refractivity contribution in [3.05, 3.63) is 57.0 Å². The van der Waals surface area contributed by atoms with Crippen LogP contribution < -0.4 is 10.5 Å². The summed E-state index contributed by atoms with van der Waals surface area (Å²) in [4.78, 5) is 0. The van der Waals surface area contributed by atoms with Gasteiger partial charge >= 0.3 is 0 Å². The van der Waals surface area contributed by atoms with Gasteiger partial charge in [-0.25, -0.2) is 0 Å². The number of hydrogen-bond acceptors (Lipinski definition) is 2. The van der Waals surface area contributed by atoms with Crippen LogP contribution in [0.1, 0.15) is 12.5 Å². The normalized spacial score (nSPS) is 12.2. The Balaban J connectivity index is 2.18. The molecule has 0 bridgehead atoms. The number of hydrogen-bond donors (Lipinski definition) is 1. The standard InChI is InChI=1S/C15H15Br2NO/c1-10(18)7-11-3-2-4-13(8-11)19-15-6-5-12(16)9-14(15)17/h2-6,8-10H,7,18H2,1H3. The van der Waals surface area contributed by atoms with Crippen molar-refractivity contribution in [1.82, 2.24) is 0 Å². The molecule has 19 heavy (non-hydrogen) atoms. The van der Waals surface area contributed by atoms with Crippen LogP contribution in [-0.4, -0.2) is 6.04 Å². The SMILES string of the molecule is CC(N)Cc1cccc(Oc2ccc(Br)cc2Br)c1. The largest absolute Gasteiger partial charge is 0.456 e. The molecule has 0 aliphatic rings. The molecule has 1 unspecified atom stereocenters. The van der Waals surface area contributed by atoms with Crippen LogP contribution in [0.2, 0.25) is 0 Å². The van der Waals surface area contributed by atoms with E-state index in [9.17, 15) is 0 Å². The van der Waals surface area contributed by atoms with Crippen molar-refractivity contribution >= 4 is 31.9 Å². The van der Waals surface area contributed by atoms with Gasteiger partial charge in [-0.05, 0) is 65.2 Å². The zero-order chi connectivity index (χ0) is 13.8. The second-order valence-corrected chi connectivity index (χ2v) is 6.28. The van der Waals surface area contributed by atoms with Crippen LogP contribution in [0, 0.1) is 0 Å². The zero-order valence-electron chi connectivity index (χ0n) is 10.6. The number of nitrogens with two attached hydrogens (primary N) is 1. The van der Waals surface area contributed by atoms with Crippen molar-refractivity contribution in [2.75, 3.05) is 0 Å². The molecule has 4 heteroatoms. The molecule has 0 saturated heterocycles. The molecule has 0 saturated carbocycles. The first-order chi connectivity index (χ1) is 9.04. The summed E-state index contributed by atoms with van der Waals surface area (Å²) in [5, 5.41) is 0. The predicted octanol–water partition coefficient (Wildman–Crippen LogP) is 4.89. The van der Waals surface area contributed by atoms with Gasteiger partial charge in [0.05, 0.1) is 4.47 Å². The van der Waals surface area contributed by atoms with Gasteiger partial charge in [0, 0.05) is 10.5 Å². The molecule has 0 spiro atoms. The van der Waals surface area contributed by atoms with E-state index >= 15 is 0 Å². The molecule has 1 atom stereocenters. The molecule has 2 N–H and O–H groups in total. The van der Waals surface area contributed by atoms with E-state index in [1.807, 2.05) is 43.3 Å². The third kappa shape index (κ3) is 4.34. The van der Waals surface area contributed by atoms with E-state index in [2.05, 4.69) is 37.9 Å². The molecule has 0 aromatic heterocycles. The Kier molecular flexibility index (Phi) is 5.02. The van der Waals surface area contributed by atoms with Gasteiger partial charge in [-0.3, -0.25) is 0 Å². The van der Waals surface area contributed by atoms with Crippen LogP contribution in [-0.2, 0) is 6.42 Å². The highest BCUT2D eigenvalue weighted by atomic mass is 79.9. The van der Waals surface area contributed by atoms with Crippen LogP contribution >= 0.6 is 31.9 Å². The summed E-state index contributed by atoms with van der Waals surface area (Å²) in [7, 11) is 0. The van der Waals surface area contributed by atoms with Gasteiger partial charge in [0.2, 0.25) is 0 Å². The highest BCUT2D eigenvalue weighted by Crippen LogP contribution is 2.32. The number of halogens is 2. The molecule has 2 aromatic carbocycles. The Morgan fingerprint density at radius 1 is 1.16 bits per heavy atom. The average molecular weight is 385 g/mol. The topological polar surface area (TPSA) is 35.2 Å². The second kappa shape index (κ2) is 6.55. The van der Waals surface area contributed by atoms with Gasteiger partial charge in [-0.1, -0.05) is 28.1 Å². The van der Waals surface area contributed by atoms with Gasteiger partial charge in [0.15, 0.2) is 0 Å². The third-order valence-corrected chi connectivity index (χ3v) is 3.69. The summed E-state index contributed by atoms with van der Waals surface area (Å²) in [5.41, 5.74) is 7.00. The number of ether oxygens (including phenoxy) is 1. The average Bonchev–Trinajstić information content (AvgIpc) is 2.32. The van der Waals surface area contributed by atoms with Gasteiger partial charge < -0.3 is 10.5 Å². The summed E-state index contributed by atoms with van der Waals surface area (Å²) < 4.78 is 7.81. The fourth-order valence-electron chi connectivity index (χ4n) is 1.79. The van der Waals surface area contributed by atoms with Crippen molar-refractivity contribution in [2.24, 2.45) is 5.73 Å². The van der Waals surface area contributed by atoms with E-state index in [1.54, 1.807) is 0 Å². The highest BCUT2D eigenvalue weighted by molar-refractivity contribution is 9.11. The summed E-state index contributed by atoms with van der Waals surface area (Å²) in [5.74, 6) is 1.61. The summed E-state index contributed by atoms with van der Waals surface area (Å²) >= 11 is 6.91. The van der Waals surface area contributed by atoms with E-state index in [1.165, 1.54) is 5.56 Å². The third-order valence-electron chi connectivity index (χ3n) is 2.58. The van der Waals surface area contributed by atoms with Crippen molar-refractivity contribution in [2.45, 2.75) is 19.4 Å². The van der Waals surface area contributed by atoms with Crippen molar-refractivity contribution < 1.29 is 4.74 Å². The fraction of sp³-hybridized carbons (Fsp3) is 0.200. The minimum atomic E-state index is 0.148. The quantitative estimate of drug-likeness (QED) is 0.813.